The number of amides is 2. The van der Waals surface area contributed by atoms with Crippen molar-refractivity contribution < 1.29 is 4.79 Å². The lowest BCUT2D eigenvalue weighted by Crippen LogP contribution is -2.37. The van der Waals surface area contributed by atoms with Crippen LogP contribution in [0.1, 0.15) is 27.2 Å². The normalized spacial score (nSPS) is 25.9. The molecular formula is C8H16N2O. The molecule has 0 radical (unpaired) electrons. The van der Waals surface area contributed by atoms with Gasteiger partial charge in [0.2, 0.25) is 0 Å². The lowest BCUT2D eigenvalue weighted by Gasteiger charge is -2.06. The third-order valence-corrected chi connectivity index (χ3v) is 2.16. The molecule has 0 saturated heterocycles. The molecule has 0 heterocycles. The summed E-state index contributed by atoms with van der Waals surface area (Å²) < 4.78 is 0. The highest BCUT2D eigenvalue weighted by molar-refractivity contribution is 5.74. The van der Waals surface area contributed by atoms with Crippen LogP contribution in [0.2, 0.25) is 0 Å². The Hall–Kier alpha value is -0.730. The average Bonchev–Trinajstić information content (AvgIpc) is 2.39. The van der Waals surface area contributed by atoms with Gasteiger partial charge < -0.3 is 10.6 Å². The van der Waals surface area contributed by atoms with Gasteiger partial charge in [-0.25, -0.2) is 4.79 Å². The van der Waals surface area contributed by atoms with Gasteiger partial charge in [-0.3, -0.25) is 0 Å². The Kier molecular flexibility index (Phi) is 2.07. The number of carbonyl (C=O) groups excluding carboxylic acids is 1. The van der Waals surface area contributed by atoms with Crippen molar-refractivity contribution in [2.75, 3.05) is 6.54 Å². The number of rotatable bonds is 2. The highest BCUT2D eigenvalue weighted by Gasteiger charge is 2.46. The minimum Gasteiger partial charge on any atom is -0.338 e. The minimum absolute atomic E-state index is 0.0388. The summed E-state index contributed by atoms with van der Waals surface area (Å²) >= 11 is 0. The van der Waals surface area contributed by atoms with E-state index >= 15 is 0 Å². The van der Waals surface area contributed by atoms with E-state index in [1.54, 1.807) is 0 Å². The largest absolute Gasteiger partial charge is 0.338 e. The van der Waals surface area contributed by atoms with Crippen LogP contribution in [0.4, 0.5) is 4.79 Å². The number of carbonyl (C=O) groups is 1. The van der Waals surface area contributed by atoms with Crippen LogP contribution in [-0.4, -0.2) is 18.6 Å². The molecule has 0 aromatic rings. The Morgan fingerprint density at radius 1 is 1.64 bits per heavy atom. The first-order valence-corrected chi connectivity index (χ1v) is 4.10. The van der Waals surface area contributed by atoms with E-state index in [0.717, 1.165) is 6.42 Å². The van der Waals surface area contributed by atoms with Gasteiger partial charge in [0.15, 0.2) is 0 Å². The van der Waals surface area contributed by atoms with Crippen molar-refractivity contribution in [2.24, 2.45) is 5.41 Å². The second kappa shape index (κ2) is 2.72. The van der Waals surface area contributed by atoms with Crippen LogP contribution < -0.4 is 10.6 Å². The molecule has 1 rings (SSSR count). The van der Waals surface area contributed by atoms with Crippen LogP contribution in [0.5, 0.6) is 0 Å². The fourth-order valence-electron chi connectivity index (χ4n) is 1.08. The highest BCUT2D eigenvalue weighted by Crippen LogP contribution is 2.44. The molecule has 1 fully saturated rings. The molecule has 1 saturated carbocycles. The summed E-state index contributed by atoms with van der Waals surface area (Å²) in [4.78, 5) is 11.0. The van der Waals surface area contributed by atoms with E-state index in [1.165, 1.54) is 0 Å². The second-order valence-corrected chi connectivity index (χ2v) is 3.75. The zero-order valence-electron chi connectivity index (χ0n) is 7.40. The SMILES string of the molecule is CCNC(=O)NC1CC1(C)C. The fraction of sp³-hybridized carbons (Fsp3) is 0.875. The molecule has 0 aromatic heterocycles. The fourth-order valence-corrected chi connectivity index (χ4v) is 1.08. The monoisotopic (exact) mass is 156 g/mol. The van der Waals surface area contributed by atoms with Crippen LogP contribution >= 0.6 is 0 Å². The smallest absolute Gasteiger partial charge is 0.315 e. The lowest BCUT2D eigenvalue weighted by atomic mass is 10.2. The van der Waals surface area contributed by atoms with Crippen molar-refractivity contribution in [1.29, 1.82) is 0 Å². The summed E-state index contributed by atoms with van der Waals surface area (Å²) in [5.41, 5.74) is 0.324. The average molecular weight is 156 g/mol. The van der Waals surface area contributed by atoms with E-state index < -0.39 is 0 Å². The first-order chi connectivity index (χ1) is 5.06. The van der Waals surface area contributed by atoms with E-state index in [9.17, 15) is 4.79 Å². The lowest BCUT2D eigenvalue weighted by molar-refractivity contribution is 0.239. The Labute approximate surface area is 67.5 Å². The molecule has 1 unspecified atom stereocenters. The number of hydrogen-bond donors (Lipinski definition) is 2. The van der Waals surface area contributed by atoms with Crippen LogP contribution in [0.25, 0.3) is 0 Å². The molecule has 11 heavy (non-hydrogen) atoms. The molecule has 1 aliphatic carbocycles. The zero-order valence-corrected chi connectivity index (χ0v) is 7.40. The van der Waals surface area contributed by atoms with Gasteiger partial charge in [-0.2, -0.15) is 0 Å². The van der Waals surface area contributed by atoms with Crippen molar-refractivity contribution in [1.82, 2.24) is 10.6 Å². The Balaban J connectivity index is 2.18. The molecule has 0 bridgehead atoms. The maximum atomic E-state index is 11.0. The molecule has 0 spiro atoms. The Morgan fingerprint density at radius 2 is 2.18 bits per heavy atom. The van der Waals surface area contributed by atoms with E-state index in [0.29, 0.717) is 18.0 Å². The van der Waals surface area contributed by atoms with Crippen LogP contribution in [0.15, 0.2) is 0 Å². The zero-order chi connectivity index (χ0) is 8.48. The van der Waals surface area contributed by atoms with Crippen molar-refractivity contribution in [3.05, 3.63) is 0 Å². The van der Waals surface area contributed by atoms with Gasteiger partial charge in [0.05, 0.1) is 0 Å². The van der Waals surface area contributed by atoms with Gasteiger partial charge >= 0.3 is 6.03 Å². The van der Waals surface area contributed by atoms with Crippen molar-refractivity contribution >= 4 is 6.03 Å². The van der Waals surface area contributed by atoms with E-state index in [2.05, 4.69) is 24.5 Å². The highest BCUT2D eigenvalue weighted by atomic mass is 16.2. The van der Waals surface area contributed by atoms with Gasteiger partial charge in [0.25, 0.3) is 0 Å². The standard InChI is InChI=1S/C8H16N2O/c1-4-9-7(11)10-6-5-8(6,2)3/h6H,4-5H2,1-3H3,(H2,9,10,11). The summed E-state index contributed by atoms with van der Waals surface area (Å²) in [6.45, 7) is 6.92. The van der Waals surface area contributed by atoms with Crippen LogP contribution in [0, 0.1) is 5.41 Å². The molecule has 1 atom stereocenters. The number of urea groups is 1. The summed E-state index contributed by atoms with van der Waals surface area (Å²) in [6.07, 6.45) is 1.10. The molecule has 2 N–H and O–H groups in total. The van der Waals surface area contributed by atoms with Crippen molar-refractivity contribution in [3.8, 4) is 0 Å². The van der Waals surface area contributed by atoms with Crippen LogP contribution in [-0.2, 0) is 0 Å². The molecule has 0 aliphatic heterocycles. The van der Waals surface area contributed by atoms with Gasteiger partial charge in [-0.05, 0) is 18.8 Å². The summed E-state index contributed by atoms with van der Waals surface area (Å²) in [5, 5.41) is 5.60. The number of hydrogen-bond acceptors (Lipinski definition) is 1. The first-order valence-electron chi connectivity index (χ1n) is 4.10. The van der Waals surface area contributed by atoms with Crippen molar-refractivity contribution in [3.63, 3.8) is 0 Å². The third-order valence-electron chi connectivity index (χ3n) is 2.16. The van der Waals surface area contributed by atoms with E-state index in [1.807, 2.05) is 6.92 Å². The molecule has 3 nitrogen and oxygen atoms in total. The Morgan fingerprint density at radius 3 is 2.55 bits per heavy atom. The maximum Gasteiger partial charge on any atom is 0.315 e. The first kappa shape index (κ1) is 8.37. The summed E-state index contributed by atoms with van der Waals surface area (Å²) in [5.74, 6) is 0. The van der Waals surface area contributed by atoms with Crippen LogP contribution in [0.3, 0.4) is 0 Å². The van der Waals surface area contributed by atoms with E-state index in [-0.39, 0.29) is 6.03 Å². The second-order valence-electron chi connectivity index (χ2n) is 3.75. The maximum absolute atomic E-state index is 11.0. The molecule has 2 amide bonds. The predicted molar refractivity (Wildman–Crippen MR) is 44.4 cm³/mol. The van der Waals surface area contributed by atoms with Gasteiger partial charge in [-0.1, -0.05) is 13.8 Å². The molecular weight excluding hydrogens is 140 g/mol. The van der Waals surface area contributed by atoms with Gasteiger partial charge in [0, 0.05) is 12.6 Å². The number of nitrogens with one attached hydrogen (secondary N) is 2. The topological polar surface area (TPSA) is 41.1 Å². The summed E-state index contributed by atoms with van der Waals surface area (Å²) in [7, 11) is 0. The van der Waals surface area contributed by atoms with E-state index in [4.69, 9.17) is 0 Å². The molecule has 3 heteroatoms. The predicted octanol–water partition coefficient (Wildman–Crippen LogP) is 1.10. The Bertz CT molecular complexity index is 165. The molecule has 1 aliphatic rings. The van der Waals surface area contributed by atoms with Gasteiger partial charge in [-0.15, -0.1) is 0 Å². The minimum atomic E-state index is -0.0388. The molecule has 64 valence electrons. The quantitative estimate of drug-likeness (QED) is 0.617. The van der Waals surface area contributed by atoms with Crippen molar-refractivity contribution in [2.45, 2.75) is 33.2 Å². The molecule has 0 aromatic carbocycles. The third kappa shape index (κ3) is 2.10. The van der Waals surface area contributed by atoms with Gasteiger partial charge in [0.1, 0.15) is 0 Å². The summed E-state index contributed by atoms with van der Waals surface area (Å²) in [6, 6.07) is 0.345.